The van der Waals surface area contributed by atoms with Gasteiger partial charge in [-0.05, 0) is 50.2 Å². The van der Waals surface area contributed by atoms with Crippen molar-refractivity contribution in [3.05, 3.63) is 60.3 Å². The summed E-state index contributed by atoms with van der Waals surface area (Å²) in [5.74, 6) is -0.210. The van der Waals surface area contributed by atoms with Crippen molar-refractivity contribution in [2.24, 2.45) is 0 Å². The highest BCUT2D eigenvalue weighted by molar-refractivity contribution is 5.94. The average Bonchev–Trinajstić information content (AvgIpc) is 2.87. The molecule has 1 aromatic carbocycles. The summed E-state index contributed by atoms with van der Waals surface area (Å²) in [7, 11) is 0. The molecule has 22 heavy (non-hydrogen) atoms. The van der Waals surface area contributed by atoms with E-state index in [1.165, 1.54) is 12.1 Å². The smallest absolute Gasteiger partial charge is 0.287 e. The normalized spacial score (nSPS) is 11.1. The van der Waals surface area contributed by atoms with E-state index in [9.17, 15) is 9.18 Å². The predicted octanol–water partition coefficient (Wildman–Crippen LogP) is 3.28. The monoisotopic (exact) mass is 297 g/mol. The standard InChI is InChI=1S/C17H16FN3O/c1-11(2)19-17(22)16-20-15(12-6-8-13(18)9-7-12)14-5-3-4-10-21(14)16/h3-11H,1-2H3,(H,19,22). The second kappa shape index (κ2) is 5.60. The summed E-state index contributed by atoms with van der Waals surface area (Å²) < 4.78 is 14.8. The van der Waals surface area contributed by atoms with E-state index in [-0.39, 0.29) is 17.8 Å². The summed E-state index contributed by atoms with van der Waals surface area (Å²) in [4.78, 5) is 16.8. The van der Waals surface area contributed by atoms with Gasteiger partial charge in [0.15, 0.2) is 0 Å². The Labute approximate surface area is 127 Å². The Bertz CT molecular complexity index is 822. The van der Waals surface area contributed by atoms with Crippen LogP contribution in [-0.4, -0.2) is 21.3 Å². The van der Waals surface area contributed by atoms with Gasteiger partial charge in [-0.2, -0.15) is 0 Å². The summed E-state index contributed by atoms with van der Waals surface area (Å²) in [5, 5.41) is 2.84. The molecule has 5 heteroatoms. The van der Waals surface area contributed by atoms with Crippen LogP contribution in [0.1, 0.15) is 24.5 Å². The van der Waals surface area contributed by atoms with Crippen LogP contribution in [0.25, 0.3) is 16.8 Å². The third-order valence-corrected chi connectivity index (χ3v) is 3.29. The van der Waals surface area contributed by atoms with Crippen molar-refractivity contribution in [3.8, 4) is 11.3 Å². The zero-order valence-corrected chi connectivity index (χ0v) is 12.4. The molecule has 0 spiro atoms. The molecule has 0 aliphatic rings. The first-order valence-corrected chi connectivity index (χ1v) is 7.10. The number of pyridine rings is 1. The Balaban J connectivity index is 2.15. The van der Waals surface area contributed by atoms with E-state index in [1.807, 2.05) is 32.0 Å². The van der Waals surface area contributed by atoms with Crippen LogP contribution in [0.15, 0.2) is 48.7 Å². The third kappa shape index (κ3) is 2.57. The molecule has 0 aliphatic carbocycles. The van der Waals surface area contributed by atoms with Crippen molar-refractivity contribution in [2.45, 2.75) is 19.9 Å². The SMILES string of the molecule is CC(C)NC(=O)c1nc(-c2ccc(F)cc2)c2ccccn12. The molecule has 0 aliphatic heterocycles. The first-order chi connectivity index (χ1) is 10.6. The second-order valence-corrected chi connectivity index (χ2v) is 5.37. The van der Waals surface area contributed by atoms with Gasteiger partial charge in [-0.25, -0.2) is 9.37 Å². The van der Waals surface area contributed by atoms with E-state index in [1.54, 1.807) is 22.7 Å². The zero-order valence-electron chi connectivity index (χ0n) is 12.4. The number of fused-ring (bicyclic) bond motifs is 1. The molecule has 0 unspecified atom stereocenters. The van der Waals surface area contributed by atoms with Crippen LogP contribution in [0, 0.1) is 5.82 Å². The van der Waals surface area contributed by atoms with Crippen LogP contribution >= 0.6 is 0 Å². The fourth-order valence-electron chi connectivity index (χ4n) is 2.34. The van der Waals surface area contributed by atoms with Gasteiger partial charge in [0.2, 0.25) is 5.82 Å². The number of hydrogen-bond acceptors (Lipinski definition) is 2. The van der Waals surface area contributed by atoms with Gasteiger partial charge in [-0.3, -0.25) is 9.20 Å². The van der Waals surface area contributed by atoms with Crippen LogP contribution in [0.3, 0.4) is 0 Å². The van der Waals surface area contributed by atoms with Gasteiger partial charge in [0.25, 0.3) is 5.91 Å². The lowest BCUT2D eigenvalue weighted by atomic mass is 10.1. The van der Waals surface area contributed by atoms with E-state index in [4.69, 9.17) is 0 Å². The van der Waals surface area contributed by atoms with Crippen LogP contribution < -0.4 is 5.32 Å². The van der Waals surface area contributed by atoms with Gasteiger partial charge in [-0.1, -0.05) is 6.07 Å². The highest BCUT2D eigenvalue weighted by atomic mass is 19.1. The Hall–Kier alpha value is -2.69. The lowest BCUT2D eigenvalue weighted by Crippen LogP contribution is -2.31. The van der Waals surface area contributed by atoms with Gasteiger partial charge in [-0.15, -0.1) is 0 Å². The van der Waals surface area contributed by atoms with Crippen LogP contribution in [0.4, 0.5) is 4.39 Å². The van der Waals surface area contributed by atoms with Crippen molar-refractivity contribution in [1.29, 1.82) is 0 Å². The molecule has 3 rings (SSSR count). The Morgan fingerprint density at radius 2 is 1.91 bits per heavy atom. The molecule has 0 saturated carbocycles. The number of hydrogen-bond donors (Lipinski definition) is 1. The zero-order chi connectivity index (χ0) is 15.7. The summed E-state index contributed by atoms with van der Waals surface area (Å²) in [6.07, 6.45) is 1.80. The Morgan fingerprint density at radius 3 is 2.59 bits per heavy atom. The number of aromatic nitrogens is 2. The number of halogens is 1. The molecule has 0 saturated heterocycles. The van der Waals surface area contributed by atoms with Gasteiger partial charge in [0.05, 0.1) is 11.2 Å². The largest absolute Gasteiger partial charge is 0.347 e. The second-order valence-electron chi connectivity index (χ2n) is 5.37. The molecule has 4 nitrogen and oxygen atoms in total. The lowest BCUT2D eigenvalue weighted by Gasteiger charge is -2.06. The average molecular weight is 297 g/mol. The number of imidazole rings is 1. The van der Waals surface area contributed by atoms with E-state index in [0.29, 0.717) is 11.5 Å². The van der Waals surface area contributed by atoms with E-state index in [0.717, 1.165) is 11.1 Å². The third-order valence-electron chi connectivity index (χ3n) is 3.29. The first kappa shape index (κ1) is 14.3. The number of carbonyl (C=O) groups is 1. The first-order valence-electron chi connectivity index (χ1n) is 7.10. The van der Waals surface area contributed by atoms with Crippen LogP contribution in [0.2, 0.25) is 0 Å². The van der Waals surface area contributed by atoms with Crippen LogP contribution in [0.5, 0.6) is 0 Å². The molecule has 2 heterocycles. The molecule has 112 valence electrons. The quantitative estimate of drug-likeness (QED) is 0.806. The van der Waals surface area contributed by atoms with Crippen molar-refractivity contribution in [3.63, 3.8) is 0 Å². The van der Waals surface area contributed by atoms with E-state index < -0.39 is 0 Å². The number of rotatable bonds is 3. The number of nitrogens with one attached hydrogen (secondary N) is 1. The fourth-order valence-corrected chi connectivity index (χ4v) is 2.34. The molecular weight excluding hydrogens is 281 g/mol. The minimum absolute atomic E-state index is 0.0258. The van der Waals surface area contributed by atoms with Gasteiger partial charge >= 0.3 is 0 Å². The summed E-state index contributed by atoms with van der Waals surface area (Å²) in [6, 6.07) is 11.7. The van der Waals surface area contributed by atoms with Gasteiger partial charge in [0, 0.05) is 17.8 Å². The van der Waals surface area contributed by atoms with E-state index >= 15 is 0 Å². The number of amides is 1. The molecule has 2 aromatic heterocycles. The summed E-state index contributed by atoms with van der Waals surface area (Å²) in [5.41, 5.74) is 2.24. The predicted molar refractivity (Wildman–Crippen MR) is 83.2 cm³/mol. The minimum atomic E-state index is -0.301. The number of nitrogens with zero attached hydrogens (tertiary/aromatic N) is 2. The number of benzene rings is 1. The van der Waals surface area contributed by atoms with Crippen molar-refractivity contribution >= 4 is 11.4 Å². The topological polar surface area (TPSA) is 46.4 Å². The van der Waals surface area contributed by atoms with Crippen LogP contribution in [-0.2, 0) is 0 Å². The minimum Gasteiger partial charge on any atom is -0.347 e. The maximum atomic E-state index is 13.1. The molecule has 3 aromatic rings. The molecule has 0 atom stereocenters. The maximum Gasteiger partial charge on any atom is 0.287 e. The highest BCUT2D eigenvalue weighted by Gasteiger charge is 2.18. The molecular formula is C17H16FN3O. The van der Waals surface area contributed by atoms with Gasteiger partial charge in [0.1, 0.15) is 5.82 Å². The summed E-state index contributed by atoms with van der Waals surface area (Å²) in [6.45, 7) is 3.79. The number of carbonyl (C=O) groups excluding carboxylic acids is 1. The Morgan fingerprint density at radius 1 is 1.18 bits per heavy atom. The lowest BCUT2D eigenvalue weighted by molar-refractivity contribution is 0.0932. The molecule has 1 amide bonds. The van der Waals surface area contributed by atoms with Crippen molar-refractivity contribution in [2.75, 3.05) is 0 Å². The van der Waals surface area contributed by atoms with Gasteiger partial charge < -0.3 is 5.32 Å². The van der Waals surface area contributed by atoms with E-state index in [2.05, 4.69) is 10.3 Å². The molecule has 0 bridgehead atoms. The highest BCUT2D eigenvalue weighted by Crippen LogP contribution is 2.25. The summed E-state index contributed by atoms with van der Waals surface area (Å²) >= 11 is 0. The van der Waals surface area contributed by atoms with Crippen molar-refractivity contribution in [1.82, 2.24) is 14.7 Å². The van der Waals surface area contributed by atoms with Crippen molar-refractivity contribution < 1.29 is 9.18 Å². The fraction of sp³-hybridized carbons (Fsp3) is 0.176. The molecule has 0 radical (unpaired) electrons. The molecule has 0 fully saturated rings. The maximum absolute atomic E-state index is 13.1. The molecule has 1 N–H and O–H groups in total. The Kier molecular flexibility index (Phi) is 3.63.